The maximum Gasteiger partial charge on any atom is 0.387 e. The molecule has 0 saturated heterocycles. The van der Waals surface area contributed by atoms with Crippen molar-refractivity contribution in [1.82, 2.24) is 4.98 Å². The number of aromatic nitrogens is 1. The minimum atomic E-state index is -2.92. The van der Waals surface area contributed by atoms with Crippen molar-refractivity contribution in [3.8, 4) is 5.75 Å². The van der Waals surface area contributed by atoms with E-state index in [-0.39, 0.29) is 11.8 Å². The lowest BCUT2D eigenvalue weighted by Gasteiger charge is -2.31. The number of aldehydes is 1. The number of halogens is 3. The highest BCUT2D eigenvalue weighted by Gasteiger charge is 2.38. The number of rotatable bonds is 5. The smallest absolute Gasteiger partial charge is 0.387 e. The highest BCUT2D eigenvalue weighted by Crippen LogP contribution is 2.45. The number of pyridine rings is 1. The van der Waals surface area contributed by atoms with Gasteiger partial charge in [-0.1, -0.05) is 17.7 Å². The first-order chi connectivity index (χ1) is 11.9. The Kier molecular flexibility index (Phi) is 4.76. The van der Waals surface area contributed by atoms with E-state index in [1.54, 1.807) is 29.3 Å². The van der Waals surface area contributed by atoms with Gasteiger partial charge in [-0.25, -0.2) is 4.98 Å². The Morgan fingerprint density at radius 3 is 2.68 bits per heavy atom. The fraction of sp³-hybridized carbons (Fsp3) is 0.294. The SMILES string of the molecule is CC(C)N1c2cc(Cl)ncc2N(c2cccc(OC(F)F)c2)C1C=O. The number of benzene rings is 1. The molecule has 2 aromatic rings. The lowest BCUT2D eigenvalue weighted by atomic mass is 10.2. The van der Waals surface area contributed by atoms with Crippen LogP contribution in [0.2, 0.25) is 5.15 Å². The zero-order valence-corrected chi connectivity index (χ0v) is 14.3. The van der Waals surface area contributed by atoms with Crippen LogP contribution in [0.3, 0.4) is 0 Å². The van der Waals surface area contributed by atoms with E-state index >= 15 is 0 Å². The van der Waals surface area contributed by atoms with Crippen molar-refractivity contribution in [2.24, 2.45) is 0 Å². The molecular weight excluding hydrogens is 352 g/mol. The lowest BCUT2D eigenvalue weighted by molar-refractivity contribution is -0.108. The number of anilines is 3. The number of hydrogen-bond acceptors (Lipinski definition) is 5. The molecule has 132 valence electrons. The zero-order chi connectivity index (χ0) is 18.1. The third-order valence-corrected chi connectivity index (χ3v) is 4.12. The Labute approximate surface area is 148 Å². The van der Waals surface area contributed by atoms with Gasteiger partial charge in [-0.3, -0.25) is 4.79 Å². The van der Waals surface area contributed by atoms with Crippen LogP contribution in [0.25, 0.3) is 0 Å². The van der Waals surface area contributed by atoms with E-state index in [9.17, 15) is 13.6 Å². The van der Waals surface area contributed by atoms with Crippen LogP contribution in [-0.4, -0.2) is 30.1 Å². The van der Waals surface area contributed by atoms with E-state index < -0.39 is 12.8 Å². The molecule has 1 aliphatic rings. The number of ether oxygens (including phenoxy) is 1. The molecule has 0 amide bonds. The summed E-state index contributed by atoms with van der Waals surface area (Å²) in [6.07, 6.45) is 1.73. The van der Waals surface area contributed by atoms with Crippen molar-refractivity contribution in [3.63, 3.8) is 0 Å². The first-order valence-corrected chi connectivity index (χ1v) is 8.03. The van der Waals surface area contributed by atoms with E-state index in [2.05, 4.69) is 9.72 Å². The normalized spacial score (nSPS) is 16.5. The molecule has 25 heavy (non-hydrogen) atoms. The van der Waals surface area contributed by atoms with E-state index in [0.29, 0.717) is 16.5 Å². The molecule has 1 aromatic heterocycles. The maximum absolute atomic E-state index is 12.5. The molecule has 1 aromatic carbocycles. The number of hydrogen-bond donors (Lipinski definition) is 0. The summed E-state index contributed by atoms with van der Waals surface area (Å²) < 4.78 is 29.5. The number of alkyl halides is 2. The molecule has 0 fully saturated rings. The molecule has 0 radical (unpaired) electrons. The van der Waals surface area contributed by atoms with Gasteiger partial charge in [0, 0.05) is 23.9 Å². The molecule has 0 N–H and O–H groups in total. The molecule has 2 heterocycles. The fourth-order valence-electron chi connectivity index (χ4n) is 3.03. The lowest BCUT2D eigenvalue weighted by Crippen LogP contribution is -2.45. The molecular formula is C17H16ClF2N3O2. The molecule has 8 heteroatoms. The number of nitrogens with zero attached hydrogens (tertiary/aromatic N) is 3. The first kappa shape index (κ1) is 17.4. The van der Waals surface area contributed by atoms with Crippen LogP contribution in [-0.2, 0) is 4.79 Å². The van der Waals surface area contributed by atoms with E-state index in [0.717, 1.165) is 12.0 Å². The van der Waals surface area contributed by atoms with Gasteiger partial charge in [-0.15, -0.1) is 0 Å². The first-order valence-electron chi connectivity index (χ1n) is 7.65. The second-order valence-electron chi connectivity index (χ2n) is 5.79. The van der Waals surface area contributed by atoms with Gasteiger partial charge in [-0.2, -0.15) is 8.78 Å². The van der Waals surface area contributed by atoms with Gasteiger partial charge in [0.2, 0.25) is 0 Å². The van der Waals surface area contributed by atoms with Crippen LogP contribution in [0.5, 0.6) is 5.75 Å². The third kappa shape index (κ3) is 3.24. The summed E-state index contributed by atoms with van der Waals surface area (Å²) in [7, 11) is 0. The van der Waals surface area contributed by atoms with Gasteiger partial charge in [-0.05, 0) is 26.0 Å². The molecule has 3 rings (SSSR count). The van der Waals surface area contributed by atoms with Crippen LogP contribution < -0.4 is 14.5 Å². The summed E-state index contributed by atoms with van der Waals surface area (Å²) in [5, 5.41) is 0.311. The summed E-state index contributed by atoms with van der Waals surface area (Å²) in [6.45, 7) is 0.985. The maximum atomic E-state index is 12.5. The average molecular weight is 368 g/mol. The number of fused-ring (bicyclic) bond motifs is 1. The second kappa shape index (κ2) is 6.84. The van der Waals surface area contributed by atoms with E-state index in [1.165, 1.54) is 12.1 Å². The van der Waals surface area contributed by atoms with Crippen molar-refractivity contribution in [2.45, 2.75) is 32.7 Å². The predicted octanol–water partition coefficient (Wildman–Crippen LogP) is 4.23. The Balaban J connectivity index is 2.10. The van der Waals surface area contributed by atoms with E-state index in [4.69, 9.17) is 11.6 Å². The van der Waals surface area contributed by atoms with Crippen LogP contribution in [0.15, 0.2) is 36.5 Å². The van der Waals surface area contributed by atoms with Gasteiger partial charge in [0.05, 0.1) is 17.6 Å². The van der Waals surface area contributed by atoms with Crippen LogP contribution in [0, 0.1) is 0 Å². The minimum absolute atomic E-state index is 0.0120. The van der Waals surface area contributed by atoms with E-state index in [1.807, 2.05) is 18.7 Å². The summed E-state index contributed by atoms with van der Waals surface area (Å²) >= 11 is 6.01. The monoisotopic (exact) mass is 367 g/mol. The average Bonchev–Trinajstić information content (AvgIpc) is 2.87. The number of carbonyl (C=O) groups is 1. The standard InChI is InChI=1S/C17H16ClF2N3O2/c1-10(2)22-13-7-15(18)21-8-14(13)23(16(22)9-24)11-4-3-5-12(6-11)25-17(19)20/h3-10,16-17H,1-2H3. The van der Waals surface area contributed by atoms with Gasteiger partial charge in [0.1, 0.15) is 10.9 Å². The largest absolute Gasteiger partial charge is 0.435 e. The van der Waals surface area contributed by atoms with Crippen LogP contribution in [0.1, 0.15) is 13.8 Å². The fourth-order valence-corrected chi connectivity index (χ4v) is 3.18. The van der Waals surface area contributed by atoms with Crippen molar-refractivity contribution in [2.75, 3.05) is 9.80 Å². The molecule has 0 aliphatic carbocycles. The summed E-state index contributed by atoms with van der Waals surface area (Å²) in [5.41, 5.74) is 1.97. The number of carbonyl (C=O) groups excluding carboxylic acids is 1. The third-order valence-electron chi connectivity index (χ3n) is 3.91. The van der Waals surface area contributed by atoms with Crippen molar-refractivity contribution in [1.29, 1.82) is 0 Å². The second-order valence-corrected chi connectivity index (χ2v) is 6.18. The molecule has 0 saturated carbocycles. The molecule has 1 unspecified atom stereocenters. The van der Waals surface area contributed by atoms with Crippen molar-refractivity contribution < 1.29 is 18.3 Å². The molecule has 0 spiro atoms. The molecule has 0 bridgehead atoms. The predicted molar refractivity (Wildman–Crippen MR) is 91.9 cm³/mol. The van der Waals surface area contributed by atoms with Crippen molar-refractivity contribution >= 4 is 34.9 Å². The molecule has 5 nitrogen and oxygen atoms in total. The summed E-state index contributed by atoms with van der Waals surface area (Å²) in [6, 6.07) is 7.91. The Hall–Kier alpha value is -2.41. The highest BCUT2D eigenvalue weighted by atomic mass is 35.5. The van der Waals surface area contributed by atoms with Crippen LogP contribution in [0.4, 0.5) is 25.8 Å². The zero-order valence-electron chi connectivity index (χ0n) is 13.6. The highest BCUT2D eigenvalue weighted by molar-refractivity contribution is 6.29. The summed E-state index contributed by atoms with van der Waals surface area (Å²) in [5.74, 6) is 0.0172. The van der Waals surface area contributed by atoms with Gasteiger partial charge in [0.15, 0.2) is 12.5 Å². The molecule has 1 aliphatic heterocycles. The van der Waals surface area contributed by atoms with Crippen LogP contribution >= 0.6 is 11.6 Å². The molecule has 1 atom stereocenters. The quantitative estimate of drug-likeness (QED) is 0.584. The Morgan fingerprint density at radius 2 is 2.04 bits per heavy atom. The summed E-state index contributed by atoms with van der Waals surface area (Å²) in [4.78, 5) is 19.5. The Bertz CT molecular complexity index is 788. The topological polar surface area (TPSA) is 45.7 Å². The van der Waals surface area contributed by atoms with Crippen molar-refractivity contribution in [3.05, 3.63) is 41.7 Å². The minimum Gasteiger partial charge on any atom is -0.435 e. The van der Waals surface area contributed by atoms with Gasteiger partial charge >= 0.3 is 6.61 Å². The van der Waals surface area contributed by atoms with Gasteiger partial charge < -0.3 is 14.5 Å². The Morgan fingerprint density at radius 1 is 1.28 bits per heavy atom. The van der Waals surface area contributed by atoms with Gasteiger partial charge in [0.25, 0.3) is 0 Å².